The predicted octanol–water partition coefficient (Wildman–Crippen LogP) is 1.50. The van der Waals surface area contributed by atoms with E-state index in [1.165, 1.54) is 0 Å². The van der Waals surface area contributed by atoms with Gasteiger partial charge in [0.2, 0.25) is 11.8 Å². The molecule has 1 aromatic carbocycles. The largest absolute Gasteiger partial charge is 0.362 e. The Kier molecular flexibility index (Phi) is 7.29. The molecular formula is C16H25N3O2. The molecule has 0 saturated carbocycles. The van der Waals surface area contributed by atoms with E-state index in [-0.39, 0.29) is 24.9 Å². The van der Waals surface area contributed by atoms with Crippen LogP contribution in [0.15, 0.2) is 30.3 Å². The van der Waals surface area contributed by atoms with Gasteiger partial charge >= 0.3 is 0 Å². The van der Waals surface area contributed by atoms with Gasteiger partial charge in [0.05, 0.1) is 13.1 Å². The zero-order valence-electron chi connectivity index (χ0n) is 13.1. The molecule has 21 heavy (non-hydrogen) atoms. The van der Waals surface area contributed by atoms with Gasteiger partial charge < -0.3 is 15.1 Å². The molecule has 0 aromatic heterocycles. The minimum absolute atomic E-state index is 0.0329. The van der Waals surface area contributed by atoms with Crippen LogP contribution in [-0.4, -0.2) is 49.4 Å². The van der Waals surface area contributed by atoms with E-state index >= 15 is 0 Å². The molecule has 5 heteroatoms. The molecule has 116 valence electrons. The van der Waals surface area contributed by atoms with Crippen molar-refractivity contribution in [3.63, 3.8) is 0 Å². The highest BCUT2D eigenvalue weighted by Crippen LogP contribution is 2.12. The molecule has 0 aliphatic heterocycles. The van der Waals surface area contributed by atoms with Crippen molar-refractivity contribution in [3.8, 4) is 0 Å². The van der Waals surface area contributed by atoms with Crippen LogP contribution in [0.1, 0.15) is 20.8 Å². The van der Waals surface area contributed by atoms with Crippen LogP contribution >= 0.6 is 0 Å². The lowest BCUT2D eigenvalue weighted by atomic mass is 10.2. The summed E-state index contributed by atoms with van der Waals surface area (Å²) in [6.07, 6.45) is 0. The minimum atomic E-state index is -0.115. The number of para-hydroxylation sites is 1. The van der Waals surface area contributed by atoms with E-state index < -0.39 is 0 Å². The Bertz CT molecular complexity index is 448. The van der Waals surface area contributed by atoms with Crippen molar-refractivity contribution < 1.29 is 9.59 Å². The summed E-state index contributed by atoms with van der Waals surface area (Å²) in [5.74, 6) is -0.148. The zero-order valence-corrected chi connectivity index (χ0v) is 13.1. The van der Waals surface area contributed by atoms with Crippen molar-refractivity contribution in [1.29, 1.82) is 0 Å². The third-order valence-electron chi connectivity index (χ3n) is 3.27. The first kappa shape index (κ1) is 17.0. The van der Waals surface area contributed by atoms with Gasteiger partial charge in [0.1, 0.15) is 0 Å². The second-order valence-corrected chi connectivity index (χ2v) is 4.71. The monoisotopic (exact) mass is 291 g/mol. The fraction of sp³-hybridized carbons (Fsp3) is 0.500. The molecule has 0 heterocycles. The highest BCUT2D eigenvalue weighted by Gasteiger charge is 2.18. The van der Waals surface area contributed by atoms with E-state index in [9.17, 15) is 9.59 Å². The van der Waals surface area contributed by atoms with Gasteiger partial charge in [-0.3, -0.25) is 9.59 Å². The van der Waals surface area contributed by atoms with Gasteiger partial charge in [-0.15, -0.1) is 0 Å². The molecule has 5 nitrogen and oxygen atoms in total. The summed E-state index contributed by atoms with van der Waals surface area (Å²) >= 11 is 0. The van der Waals surface area contributed by atoms with E-state index in [0.717, 1.165) is 12.2 Å². The fourth-order valence-electron chi connectivity index (χ4n) is 2.09. The fourth-order valence-corrected chi connectivity index (χ4v) is 2.09. The summed E-state index contributed by atoms with van der Waals surface area (Å²) in [5, 5.41) is 2.72. The average molecular weight is 291 g/mol. The normalized spacial score (nSPS) is 10.0. The number of likely N-dealkylation sites (N-methyl/N-ethyl adjacent to an activating group) is 3. The lowest BCUT2D eigenvalue weighted by molar-refractivity contribution is -0.134. The summed E-state index contributed by atoms with van der Waals surface area (Å²) in [5.41, 5.74) is 1.02. The lowest BCUT2D eigenvalue weighted by Crippen LogP contribution is -2.45. The van der Waals surface area contributed by atoms with Gasteiger partial charge in [-0.05, 0) is 32.9 Å². The second kappa shape index (κ2) is 9.00. The van der Waals surface area contributed by atoms with Crippen molar-refractivity contribution in [2.45, 2.75) is 20.8 Å². The van der Waals surface area contributed by atoms with Crippen LogP contribution in [-0.2, 0) is 9.59 Å². The molecule has 0 aliphatic rings. The third-order valence-corrected chi connectivity index (χ3v) is 3.27. The molecule has 1 aromatic rings. The third kappa shape index (κ3) is 5.45. The number of hydrogen-bond acceptors (Lipinski definition) is 3. The van der Waals surface area contributed by atoms with Gasteiger partial charge in [0, 0.05) is 25.3 Å². The van der Waals surface area contributed by atoms with Crippen LogP contribution in [0.4, 0.5) is 5.69 Å². The van der Waals surface area contributed by atoms with Gasteiger partial charge in [0.25, 0.3) is 0 Å². The van der Waals surface area contributed by atoms with E-state index in [4.69, 9.17) is 0 Å². The van der Waals surface area contributed by atoms with Gasteiger partial charge in [-0.25, -0.2) is 0 Å². The molecular weight excluding hydrogens is 266 g/mol. The number of carbonyl (C=O) groups excluding carboxylic acids is 2. The van der Waals surface area contributed by atoms with Crippen LogP contribution in [0.3, 0.4) is 0 Å². The van der Waals surface area contributed by atoms with Crippen molar-refractivity contribution in [2.24, 2.45) is 0 Å². The molecule has 2 amide bonds. The second-order valence-electron chi connectivity index (χ2n) is 4.71. The summed E-state index contributed by atoms with van der Waals surface area (Å²) in [6, 6.07) is 9.82. The lowest BCUT2D eigenvalue weighted by Gasteiger charge is -2.27. The number of amides is 2. The van der Waals surface area contributed by atoms with Gasteiger partial charge in [-0.2, -0.15) is 0 Å². The molecule has 0 radical (unpaired) electrons. The van der Waals surface area contributed by atoms with E-state index in [2.05, 4.69) is 5.32 Å². The van der Waals surface area contributed by atoms with E-state index in [0.29, 0.717) is 13.1 Å². The summed E-state index contributed by atoms with van der Waals surface area (Å²) in [4.78, 5) is 27.6. The molecule has 0 spiro atoms. The van der Waals surface area contributed by atoms with E-state index in [1.54, 1.807) is 4.90 Å². The average Bonchev–Trinajstić information content (AvgIpc) is 2.51. The highest BCUT2D eigenvalue weighted by molar-refractivity contribution is 5.87. The molecule has 1 N–H and O–H groups in total. The van der Waals surface area contributed by atoms with Crippen LogP contribution in [0.5, 0.6) is 0 Å². The quantitative estimate of drug-likeness (QED) is 0.789. The zero-order chi connectivity index (χ0) is 15.7. The molecule has 0 unspecified atom stereocenters. The van der Waals surface area contributed by atoms with Gasteiger partial charge in [-0.1, -0.05) is 18.2 Å². The van der Waals surface area contributed by atoms with Crippen LogP contribution in [0, 0.1) is 0 Å². The first-order valence-electron chi connectivity index (χ1n) is 7.46. The topological polar surface area (TPSA) is 52.7 Å². The molecule has 1 rings (SSSR count). The van der Waals surface area contributed by atoms with Crippen LogP contribution in [0.25, 0.3) is 0 Å². The van der Waals surface area contributed by atoms with Crippen molar-refractivity contribution in [2.75, 3.05) is 37.6 Å². The number of benzene rings is 1. The predicted molar refractivity (Wildman–Crippen MR) is 85.3 cm³/mol. The first-order valence-corrected chi connectivity index (χ1v) is 7.46. The molecule has 0 saturated heterocycles. The maximum atomic E-state index is 12.4. The number of nitrogens with one attached hydrogen (secondary N) is 1. The van der Waals surface area contributed by atoms with Crippen molar-refractivity contribution in [3.05, 3.63) is 30.3 Å². The van der Waals surface area contributed by atoms with Crippen molar-refractivity contribution >= 4 is 17.5 Å². The maximum Gasteiger partial charge on any atom is 0.242 e. The molecule has 0 bridgehead atoms. The molecule has 0 atom stereocenters. The Morgan fingerprint density at radius 2 is 1.67 bits per heavy atom. The van der Waals surface area contributed by atoms with Crippen LogP contribution in [0.2, 0.25) is 0 Å². The smallest absolute Gasteiger partial charge is 0.242 e. The Hall–Kier alpha value is -2.04. The Morgan fingerprint density at radius 3 is 2.19 bits per heavy atom. The van der Waals surface area contributed by atoms with E-state index in [1.807, 2.05) is 56.0 Å². The van der Waals surface area contributed by atoms with Crippen molar-refractivity contribution in [1.82, 2.24) is 10.2 Å². The summed E-state index contributed by atoms with van der Waals surface area (Å²) in [6.45, 7) is 8.02. The Labute approximate surface area is 126 Å². The first-order chi connectivity index (χ1) is 10.1. The highest BCUT2D eigenvalue weighted by atomic mass is 16.2. The minimum Gasteiger partial charge on any atom is -0.362 e. The summed E-state index contributed by atoms with van der Waals surface area (Å²) in [7, 11) is 0. The number of nitrogens with zero attached hydrogens (tertiary/aromatic N) is 2. The number of rotatable bonds is 8. The summed E-state index contributed by atoms with van der Waals surface area (Å²) < 4.78 is 0. The van der Waals surface area contributed by atoms with Gasteiger partial charge in [0.15, 0.2) is 0 Å². The molecule has 0 fully saturated rings. The number of carbonyl (C=O) groups is 2. The SMILES string of the molecule is CCNC(=O)CN(CC)C(=O)CN(CC)c1ccccc1. The standard InChI is InChI=1S/C16H25N3O2/c1-4-17-15(20)12-19(6-3)16(21)13-18(5-2)14-10-8-7-9-11-14/h7-11H,4-6,12-13H2,1-3H3,(H,17,20). The Morgan fingerprint density at radius 1 is 1.00 bits per heavy atom. The Balaban J connectivity index is 2.65. The number of hydrogen-bond donors (Lipinski definition) is 1. The molecule has 0 aliphatic carbocycles. The number of anilines is 1. The van der Waals surface area contributed by atoms with Crippen LogP contribution < -0.4 is 10.2 Å². The maximum absolute atomic E-state index is 12.4.